The molecule has 1 fully saturated rings. The lowest BCUT2D eigenvalue weighted by Gasteiger charge is -2.28. The van der Waals surface area contributed by atoms with Crippen LogP contribution < -0.4 is 0 Å². The monoisotopic (exact) mass is 389 g/mol. The molecule has 2 aromatic rings. The van der Waals surface area contributed by atoms with Crippen LogP contribution in [0, 0.1) is 5.92 Å². The van der Waals surface area contributed by atoms with Gasteiger partial charge < -0.3 is 0 Å². The predicted octanol–water partition coefficient (Wildman–Crippen LogP) is 4.03. The van der Waals surface area contributed by atoms with Crippen LogP contribution in [0.15, 0.2) is 59.5 Å². The average Bonchev–Trinajstić information content (AvgIpc) is 3.06. The lowest BCUT2D eigenvalue weighted by molar-refractivity contribution is -0.113. The lowest BCUT2D eigenvalue weighted by atomic mass is 10.1. The number of benzene rings is 2. The van der Waals surface area contributed by atoms with Gasteiger partial charge >= 0.3 is 0 Å². The van der Waals surface area contributed by atoms with E-state index < -0.39 is 16.1 Å². The Labute approximate surface area is 159 Å². The minimum atomic E-state index is -3.71. The fraction of sp³-hybridized carbons (Fsp3) is 0.350. The van der Waals surface area contributed by atoms with Gasteiger partial charge in [-0.1, -0.05) is 68.1 Å². The summed E-state index contributed by atoms with van der Waals surface area (Å²) < 4.78 is 27.8. The van der Waals surface area contributed by atoms with Crippen molar-refractivity contribution in [2.45, 2.75) is 31.2 Å². The number of carbonyl (C=O) groups excluding carboxylic acids is 1. The Bertz CT molecular complexity index is 862. The van der Waals surface area contributed by atoms with Crippen molar-refractivity contribution in [2.75, 3.05) is 12.3 Å². The first-order valence-corrected chi connectivity index (χ1v) is 11.2. The molecular weight excluding hydrogens is 366 g/mol. The molecule has 3 rings (SSSR count). The van der Waals surface area contributed by atoms with Crippen molar-refractivity contribution in [1.29, 1.82) is 0 Å². The summed E-state index contributed by atoms with van der Waals surface area (Å²) in [7, 11) is -3.71. The number of hydrogen-bond donors (Lipinski definition) is 0. The van der Waals surface area contributed by atoms with Gasteiger partial charge in [0.15, 0.2) is 0 Å². The molecule has 1 aliphatic rings. The second-order valence-corrected chi connectivity index (χ2v) is 9.82. The Balaban J connectivity index is 1.92. The van der Waals surface area contributed by atoms with Gasteiger partial charge in [-0.25, -0.2) is 8.42 Å². The van der Waals surface area contributed by atoms with Crippen LogP contribution in [-0.4, -0.2) is 36.2 Å². The summed E-state index contributed by atoms with van der Waals surface area (Å²) >= 11 is 1.23. The van der Waals surface area contributed by atoms with Crippen LogP contribution in [0.4, 0.5) is 0 Å². The Kier molecular flexibility index (Phi) is 5.85. The summed E-state index contributed by atoms with van der Waals surface area (Å²) in [5.74, 6) is 0.826. The lowest BCUT2D eigenvalue weighted by Crippen LogP contribution is -2.44. The van der Waals surface area contributed by atoms with Crippen LogP contribution in [0.25, 0.3) is 11.1 Å². The first kappa shape index (κ1) is 19.1. The Morgan fingerprint density at radius 2 is 1.65 bits per heavy atom. The molecule has 0 saturated carbocycles. The van der Waals surface area contributed by atoms with Crippen molar-refractivity contribution in [1.82, 2.24) is 4.31 Å². The van der Waals surface area contributed by atoms with E-state index in [2.05, 4.69) is 0 Å². The molecule has 1 aliphatic heterocycles. The zero-order valence-electron chi connectivity index (χ0n) is 15.0. The summed E-state index contributed by atoms with van der Waals surface area (Å²) in [6.07, 6.45) is 0.581. The van der Waals surface area contributed by atoms with Crippen molar-refractivity contribution in [2.24, 2.45) is 5.92 Å². The number of sulfonamides is 1. The molecule has 6 heteroatoms. The summed E-state index contributed by atoms with van der Waals surface area (Å²) in [4.78, 5) is 12.4. The quantitative estimate of drug-likeness (QED) is 0.748. The molecule has 1 heterocycles. The van der Waals surface area contributed by atoms with Gasteiger partial charge in [0, 0.05) is 12.3 Å². The highest BCUT2D eigenvalue weighted by molar-refractivity contribution is 8.14. The van der Waals surface area contributed by atoms with Gasteiger partial charge in [0.1, 0.15) is 0 Å². The van der Waals surface area contributed by atoms with Crippen LogP contribution in [0.2, 0.25) is 0 Å². The zero-order valence-corrected chi connectivity index (χ0v) is 16.6. The Morgan fingerprint density at radius 1 is 1.04 bits per heavy atom. The zero-order chi connectivity index (χ0) is 18.7. The summed E-state index contributed by atoms with van der Waals surface area (Å²) in [5, 5.41) is -0.0462. The van der Waals surface area contributed by atoms with E-state index in [-0.39, 0.29) is 15.9 Å². The van der Waals surface area contributed by atoms with E-state index in [1.807, 2.05) is 56.3 Å². The second-order valence-electron chi connectivity index (χ2n) is 6.83. The molecule has 138 valence electrons. The van der Waals surface area contributed by atoms with Crippen LogP contribution >= 0.6 is 11.8 Å². The van der Waals surface area contributed by atoms with Crippen LogP contribution in [0.5, 0.6) is 0 Å². The molecule has 0 aromatic heterocycles. The van der Waals surface area contributed by atoms with Crippen molar-refractivity contribution in [3.05, 3.63) is 54.6 Å². The van der Waals surface area contributed by atoms with E-state index in [1.165, 1.54) is 16.1 Å². The molecule has 0 bridgehead atoms. The summed E-state index contributed by atoms with van der Waals surface area (Å²) in [6, 6.07) is 16.2. The molecule has 1 unspecified atom stereocenters. The fourth-order valence-corrected chi connectivity index (χ4v) is 5.91. The molecule has 0 amide bonds. The third-order valence-corrected chi connectivity index (χ3v) is 7.25. The largest absolute Gasteiger partial charge is 0.285 e. The van der Waals surface area contributed by atoms with Gasteiger partial charge in [-0.3, -0.25) is 4.79 Å². The maximum Gasteiger partial charge on any atom is 0.243 e. The van der Waals surface area contributed by atoms with Gasteiger partial charge in [-0.2, -0.15) is 4.31 Å². The molecule has 0 N–H and O–H groups in total. The predicted molar refractivity (Wildman–Crippen MR) is 106 cm³/mol. The van der Waals surface area contributed by atoms with Gasteiger partial charge in [0.25, 0.3) is 0 Å². The molecule has 0 aliphatic carbocycles. The van der Waals surface area contributed by atoms with Gasteiger partial charge in [0.05, 0.1) is 10.9 Å². The number of thioether (sulfide) groups is 1. The molecule has 1 atom stereocenters. The standard InChI is InChI=1S/C20H23NO3S2/c1-15(2)14-21(19-12-13-25-20(19)22)26(23,24)18-10-8-17(9-11-18)16-6-4-3-5-7-16/h3-11,15,19H,12-14H2,1-2H3. The van der Waals surface area contributed by atoms with Crippen molar-refractivity contribution < 1.29 is 13.2 Å². The molecule has 0 radical (unpaired) electrons. The molecular formula is C20H23NO3S2. The number of carbonyl (C=O) groups is 1. The minimum absolute atomic E-state index is 0.0462. The van der Waals surface area contributed by atoms with Crippen molar-refractivity contribution in [3.63, 3.8) is 0 Å². The topological polar surface area (TPSA) is 54.5 Å². The van der Waals surface area contributed by atoms with Crippen LogP contribution in [-0.2, 0) is 14.8 Å². The highest BCUT2D eigenvalue weighted by atomic mass is 32.2. The first-order chi connectivity index (χ1) is 12.4. The average molecular weight is 390 g/mol. The highest BCUT2D eigenvalue weighted by Crippen LogP contribution is 2.30. The maximum absolute atomic E-state index is 13.2. The summed E-state index contributed by atoms with van der Waals surface area (Å²) in [5.41, 5.74) is 2.00. The van der Waals surface area contributed by atoms with Gasteiger partial charge in [-0.15, -0.1) is 0 Å². The second kappa shape index (κ2) is 7.94. The maximum atomic E-state index is 13.2. The van der Waals surface area contributed by atoms with E-state index in [0.29, 0.717) is 18.7 Å². The molecule has 0 spiro atoms. The Hall–Kier alpha value is -1.63. The molecule has 4 nitrogen and oxygen atoms in total. The van der Waals surface area contributed by atoms with Crippen molar-refractivity contribution >= 4 is 26.9 Å². The normalized spacial score (nSPS) is 18.0. The van der Waals surface area contributed by atoms with Crippen LogP contribution in [0.1, 0.15) is 20.3 Å². The third kappa shape index (κ3) is 4.03. The Morgan fingerprint density at radius 3 is 2.19 bits per heavy atom. The van der Waals surface area contributed by atoms with Crippen LogP contribution in [0.3, 0.4) is 0 Å². The molecule has 1 saturated heterocycles. The highest BCUT2D eigenvalue weighted by Gasteiger charge is 2.39. The minimum Gasteiger partial charge on any atom is -0.285 e. The van der Waals surface area contributed by atoms with E-state index >= 15 is 0 Å². The van der Waals surface area contributed by atoms with E-state index in [1.54, 1.807) is 12.1 Å². The van der Waals surface area contributed by atoms with Gasteiger partial charge in [0.2, 0.25) is 15.1 Å². The third-order valence-electron chi connectivity index (χ3n) is 4.37. The van der Waals surface area contributed by atoms with Crippen molar-refractivity contribution in [3.8, 4) is 11.1 Å². The SMILES string of the molecule is CC(C)CN(C1CCSC1=O)S(=O)(=O)c1ccc(-c2ccccc2)cc1. The van der Waals surface area contributed by atoms with E-state index in [0.717, 1.165) is 11.1 Å². The molecule has 2 aromatic carbocycles. The first-order valence-electron chi connectivity index (χ1n) is 8.73. The smallest absolute Gasteiger partial charge is 0.243 e. The number of rotatable bonds is 6. The molecule has 26 heavy (non-hydrogen) atoms. The van der Waals surface area contributed by atoms with Gasteiger partial charge in [-0.05, 0) is 35.6 Å². The number of nitrogens with zero attached hydrogens (tertiary/aromatic N) is 1. The van der Waals surface area contributed by atoms with E-state index in [4.69, 9.17) is 0 Å². The van der Waals surface area contributed by atoms with E-state index in [9.17, 15) is 13.2 Å². The summed E-state index contributed by atoms with van der Waals surface area (Å²) in [6.45, 7) is 4.28. The number of hydrogen-bond acceptors (Lipinski definition) is 4. The fourth-order valence-electron chi connectivity index (χ4n) is 3.08.